The summed E-state index contributed by atoms with van der Waals surface area (Å²) in [5.74, 6) is 1.75. The van der Waals surface area contributed by atoms with Crippen molar-refractivity contribution in [3.63, 3.8) is 0 Å². The van der Waals surface area contributed by atoms with E-state index in [0.29, 0.717) is 0 Å². The highest BCUT2D eigenvalue weighted by Crippen LogP contribution is 2.49. The lowest BCUT2D eigenvalue weighted by atomic mass is 10.0. The SMILES string of the molecule is c1ccc(-c2ccc(N(c3ccc(-c4cccc5c6cccc7c6n(c45)-c4ccccc4O7)cc3)c3cccc4c3sc3c(-c5ccccc5)cccc34)cc2)cc1. The number of rotatable bonds is 6. The number of nitrogens with zero attached hydrogens (tertiary/aromatic N) is 2. The monoisotopic (exact) mass is 758 g/mol. The molecule has 0 saturated heterocycles. The molecule has 58 heavy (non-hydrogen) atoms. The van der Waals surface area contributed by atoms with E-state index in [2.05, 4.69) is 210 Å². The van der Waals surface area contributed by atoms with Crippen LogP contribution < -0.4 is 9.64 Å². The first-order valence-corrected chi connectivity index (χ1v) is 20.5. The molecule has 0 N–H and O–H groups in total. The maximum Gasteiger partial charge on any atom is 0.152 e. The van der Waals surface area contributed by atoms with Crippen molar-refractivity contribution in [3.8, 4) is 50.6 Å². The van der Waals surface area contributed by atoms with Crippen LogP contribution in [0, 0.1) is 0 Å². The molecule has 0 aliphatic carbocycles. The van der Waals surface area contributed by atoms with E-state index in [1.165, 1.54) is 64.3 Å². The first-order valence-electron chi connectivity index (χ1n) is 19.7. The fourth-order valence-corrected chi connectivity index (χ4v) is 10.3. The summed E-state index contributed by atoms with van der Waals surface area (Å²) in [6.45, 7) is 0. The summed E-state index contributed by atoms with van der Waals surface area (Å²) in [7, 11) is 0. The van der Waals surface area contributed by atoms with Crippen molar-refractivity contribution >= 4 is 70.4 Å². The Bertz CT molecular complexity index is 3350. The van der Waals surface area contributed by atoms with E-state index >= 15 is 0 Å². The zero-order valence-electron chi connectivity index (χ0n) is 31.3. The van der Waals surface area contributed by atoms with E-state index in [1.54, 1.807) is 0 Å². The van der Waals surface area contributed by atoms with Crippen LogP contribution in [0.2, 0.25) is 0 Å². The van der Waals surface area contributed by atoms with Crippen LogP contribution in [0.25, 0.3) is 81.0 Å². The van der Waals surface area contributed by atoms with Gasteiger partial charge in [-0.3, -0.25) is 0 Å². The number of para-hydroxylation sites is 4. The molecule has 4 heteroatoms. The quantitative estimate of drug-likeness (QED) is 0.168. The minimum absolute atomic E-state index is 0.866. The van der Waals surface area contributed by atoms with Crippen LogP contribution in [0.5, 0.6) is 11.5 Å². The summed E-state index contributed by atoms with van der Waals surface area (Å²) in [5.41, 5.74) is 14.0. The molecule has 12 rings (SSSR count). The van der Waals surface area contributed by atoms with Gasteiger partial charge in [0.2, 0.25) is 0 Å². The lowest BCUT2D eigenvalue weighted by Crippen LogP contribution is -2.10. The summed E-state index contributed by atoms with van der Waals surface area (Å²) in [5, 5.41) is 4.95. The smallest absolute Gasteiger partial charge is 0.152 e. The Hall–Kier alpha value is -7.40. The second-order valence-corrected chi connectivity index (χ2v) is 15.9. The van der Waals surface area contributed by atoms with Gasteiger partial charge in [-0.1, -0.05) is 158 Å². The van der Waals surface area contributed by atoms with E-state index in [0.717, 1.165) is 45.3 Å². The van der Waals surface area contributed by atoms with Crippen molar-refractivity contribution in [1.82, 2.24) is 4.57 Å². The predicted octanol–water partition coefficient (Wildman–Crippen LogP) is 15.7. The highest BCUT2D eigenvalue weighted by Gasteiger charge is 2.26. The van der Waals surface area contributed by atoms with Crippen molar-refractivity contribution in [3.05, 3.63) is 206 Å². The van der Waals surface area contributed by atoms with Crippen LogP contribution in [-0.4, -0.2) is 4.57 Å². The fourth-order valence-electron chi connectivity index (χ4n) is 8.96. The third-order valence-corrected chi connectivity index (χ3v) is 12.9. The number of fused-ring (bicyclic) bond motifs is 8. The molecule has 3 heterocycles. The van der Waals surface area contributed by atoms with Crippen molar-refractivity contribution in [2.45, 2.75) is 0 Å². The minimum atomic E-state index is 0.866. The van der Waals surface area contributed by atoms with Gasteiger partial charge in [0.25, 0.3) is 0 Å². The van der Waals surface area contributed by atoms with Crippen LogP contribution in [-0.2, 0) is 0 Å². The van der Waals surface area contributed by atoms with Crippen molar-refractivity contribution in [1.29, 1.82) is 0 Å². The number of thiophene rings is 1. The number of benzene rings is 9. The minimum Gasteiger partial charge on any atom is -0.453 e. The van der Waals surface area contributed by atoms with Gasteiger partial charge < -0.3 is 14.2 Å². The molecule has 1 aliphatic rings. The van der Waals surface area contributed by atoms with Crippen LogP contribution in [0.4, 0.5) is 17.1 Å². The van der Waals surface area contributed by atoms with Gasteiger partial charge in [0.05, 0.1) is 27.1 Å². The van der Waals surface area contributed by atoms with Crippen molar-refractivity contribution in [2.75, 3.05) is 4.90 Å². The van der Waals surface area contributed by atoms with E-state index in [-0.39, 0.29) is 0 Å². The number of ether oxygens (including phenoxy) is 1. The Morgan fingerprint density at radius 3 is 1.62 bits per heavy atom. The van der Waals surface area contributed by atoms with Crippen LogP contribution in [0.1, 0.15) is 0 Å². The standard InChI is InChI=1S/C54H34N2OS/c1-3-13-35(14-4-1)36-27-31-39(32-28-36)55(48-24-11-22-46-45-21-10-18-42(53(45)58-54(46)48)37-15-5-2-6-16-37)40-33-29-38(30-34-40)41-17-9-19-43-44-20-12-26-50-52(44)56(51(41)43)47-23-7-8-25-49(47)57-50/h1-34H. The third kappa shape index (κ3) is 5.05. The number of hydrogen-bond donors (Lipinski definition) is 0. The fraction of sp³-hybridized carbons (Fsp3) is 0. The molecule has 3 nitrogen and oxygen atoms in total. The van der Waals surface area contributed by atoms with Gasteiger partial charge >= 0.3 is 0 Å². The van der Waals surface area contributed by atoms with Crippen molar-refractivity contribution < 1.29 is 4.74 Å². The van der Waals surface area contributed by atoms with E-state index in [4.69, 9.17) is 4.74 Å². The second-order valence-electron chi connectivity index (χ2n) is 14.9. The van der Waals surface area contributed by atoms with Crippen LogP contribution in [0.3, 0.4) is 0 Å². The maximum atomic E-state index is 6.44. The van der Waals surface area contributed by atoms with Gasteiger partial charge in [0, 0.05) is 43.2 Å². The molecule has 0 bridgehead atoms. The lowest BCUT2D eigenvalue weighted by molar-refractivity contribution is 0.476. The molecule has 0 radical (unpaired) electrons. The molecule has 0 amide bonds. The van der Waals surface area contributed by atoms with E-state index in [1.807, 2.05) is 17.4 Å². The molecule has 2 aromatic heterocycles. The van der Waals surface area contributed by atoms with Crippen molar-refractivity contribution in [2.24, 2.45) is 0 Å². The zero-order chi connectivity index (χ0) is 38.2. The summed E-state index contributed by atoms with van der Waals surface area (Å²) in [4.78, 5) is 2.42. The summed E-state index contributed by atoms with van der Waals surface area (Å²) in [6.07, 6.45) is 0. The molecule has 0 saturated carbocycles. The topological polar surface area (TPSA) is 17.4 Å². The van der Waals surface area contributed by atoms with E-state index in [9.17, 15) is 0 Å². The molecule has 1 aliphatic heterocycles. The molecule has 0 fully saturated rings. The van der Waals surface area contributed by atoms with Crippen LogP contribution in [0.15, 0.2) is 206 Å². The molecular formula is C54H34N2OS. The predicted molar refractivity (Wildman–Crippen MR) is 245 cm³/mol. The Labute approximate surface area is 339 Å². The summed E-state index contributed by atoms with van der Waals surface area (Å²) in [6, 6.07) is 74.3. The molecule has 272 valence electrons. The van der Waals surface area contributed by atoms with Crippen LogP contribution >= 0.6 is 11.3 Å². The lowest BCUT2D eigenvalue weighted by Gasteiger charge is -2.26. The molecule has 11 aromatic rings. The average molecular weight is 759 g/mol. The Morgan fingerprint density at radius 1 is 0.362 bits per heavy atom. The largest absolute Gasteiger partial charge is 0.453 e. The van der Waals surface area contributed by atoms with E-state index < -0.39 is 0 Å². The Kier molecular flexibility index (Phi) is 7.40. The highest BCUT2D eigenvalue weighted by molar-refractivity contribution is 7.27. The number of hydrogen-bond acceptors (Lipinski definition) is 3. The molecule has 9 aromatic carbocycles. The molecule has 0 spiro atoms. The van der Waals surface area contributed by atoms with Gasteiger partial charge in [0.15, 0.2) is 11.5 Å². The Morgan fingerprint density at radius 2 is 0.879 bits per heavy atom. The summed E-state index contributed by atoms with van der Waals surface area (Å²) < 4.78 is 11.4. The summed E-state index contributed by atoms with van der Waals surface area (Å²) >= 11 is 1.88. The zero-order valence-corrected chi connectivity index (χ0v) is 32.2. The maximum absolute atomic E-state index is 6.44. The first-order chi connectivity index (χ1) is 28.8. The third-order valence-electron chi connectivity index (χ3n) is 11.6. The first kappa shape index (κ1) is 32.8. The van der Waals surface area contributed by atoms with Gasteiger partial charge in [0.1, 0.15) is 0 Å². The number of anilines is 3. The molecule has 0 atom stereocenters. The molecule has 0 unspecified atom stereocenters. The second kappa shape index (κ2) is 13.1. The number of aromatic nitrogens is 1. The Balaban J connectivity index is 1.04. The van der Waals surface area contributed by atoms with Gasteiger partial charge in [-0.15, -0.1) is 11.3 Å². The molecular weight excluding hydrogens is 725 g/mol. The normalized spacial score (nSPS) is 11.9. The van der Waals surface area contributed by atoms with Gasteiger partial charge in [-0.25, -0.2) is 0 Å². The average Bonchev–Trinajstić information content (AvgIpc) is 3.86. The van der Waals surface area contributed by atoms with Gasteiger partial charge in [-0.2, -0.15) is 0 Å². The highest BCUT2D eigenvalue weighted by atomic mass is 32.1. The van der Waals surface area contributed by atoms with Gasteiger partial charge in [-0.05, 0) is 76.3 Å².